The topological polar surface area (TPSA) is 70.8 Å². The minimum Gasteiger partial charge on any atom is -0.444 e. The molecule has 0 unspecified atom stereocenters. The molecule has 156 valence electrons. The van der Waals surface area contributed by atoms with Crippen molar-refractivity contribution in [2.45, 2.75) is 64.3 Å². The summed E-state index contributed by atoms with van der Waals surface area (Å²) in [6.45, 7) is 9.10. The molecule has 3 rings (SSSR count). The van der Waals surface area contributed by atoms with Crippen molar-refractivity contribution in [2.24, 2.45) is 0 Å². The number of piperidine rings is 2. The normalized spacial score (nSPS) is 20.2. The van der Waals surface area contributed by atoms with E-state index in [1.54, 1.807) is 0 Å². The highest BCUT2D eigenvalue weighted by atomic mass is 19.1. The number of nitrogens with zero attached hydrogens (tertiary/aromatic N) is 2. The van der Waals surface area contributed by atoms with E-state index < -0.39 is 17.9 Å². The summed E-state index contributed by atoms with van der Waals surface area (Å²) >= 11 is 0. The van der Waals surface area contributed by atoms with E-state index in [0.717, 1.165) is 44.7 Å². The lowest BCUT2D eigenvalue weighted by Gasteiger charge is -2.41. The molecular formula is C21H33FN4O2. The fourth-order valence-electron chi connectivity index (χ4n) is 3.99. The Labute approximate surface area is 167 Å². The number of carbonyl (C=O) groups is 1. The van der Waals surface area contributed by atoms with Gasteiger partial charge in [0.1, 0.15) is 11.8 Å². The molecule has 1 aromatic carbocycles. The SMILES string of the molecule is CC(C)(C)OC(=O)Nc1cc(N2CCC(N3CCC(F)CC3)CC2)ccc1N. The second kappa shape index (κ2) is 8.55. The summed E-state index contributed by atoms with van der Waals surface area (Å²) in [5.41, 5.74) is 7.60. The van der Waals surface area contributed by atoms with Gasteiger partial charge in [-0.15, -0.1) is 0 Å². The summed E-state index contributed by atoms with van der Waals surface area (Å²) in [7, 11) is 0. The number of rotatable bonds is 3. The van der Waals surface area contributed by atoms with E-state index in [1.807, 2.05) is 39.0 Å². The van der Waals surface area contributed by atoms with Gasteiger partial charge in [0.2, 0.25) is 0 Å². The van der Waals surface area contributed by atoms with Crippen LogP contribution in [0.4, 0.5) is 26.2 Å². The summed E-state index contributed by atoms with van der Waals surface area (Å²) in [5.74, 6) is 0. The standard InChI is InChI=1S/C21H33FN4O2/c1-21(2,3)28-20(27)24-19-14-17(4-5-18(19)23)26-12-8-16(9-13-26)25-10-6-15(22)7-11-25/h4-5,14-16H,6-13,23H2,1-3H3,(H,24,27). The number of nitrogen functional groups attached to an aromatic ring is 1. The van der Waals surface area contributed by atoms with Crippen LogP contribution in [0.3, 0.4) is 0 Å². The second-order valence-corrected chi connectivity index (χ2v) is 8.83. The third kappa shape index (κ3) is 5.50. The van der Waals surface area contributed by atoms with Crippen molar-refractivity contribution in [1.29, 1.82) is 0 Å². The Morgan fingerprint density at radius 1 is 1.14 bits per heavy atom. The number of amides is 1. The molecule has 0 bridgehead atoms. The van der Waals surface area contributed by atoms with Gasteiger partial charge < -0.3 is 20.3 Å². The van der Waals surface area contributed by atoms with Crippen LogP contribution in [-0.2, 0) is 4.74 Å². The van der Waals surface area contributed by atoms with Crippen LogP contribution in [0, 0.1) is 0 Å². The van der Waals surface area contributed by atoms with Crippen molar-refractivity contribution >= 4 is 23.2 Å². The molecule has 0 aliphatic carbocycles. The number of hydrogen-bond acceptors (Lipinski definition) is 5. The molecular weight excluding hydrogens is 359 g/mol. The molecule has 3 N–H and O–H groups in total. The Kier molecular flexibility index (Phi) is 6.33. The van der Waals surface area contributed by atoms with Crippen molar-refractivity contribution in [3.8, 4) is 0 Å². The number of likely N-dealkylation sites (tertiary alicyclic amines) is 1. The van der Waals surface area contributed by atoms with E-state index >= 15 is 0 Å². The summed E-state index contributed by atoms with van der Waals surface area (Å²) < 4.78 is 18.7. The molecule has 6 nitrogen and oxygen atoms in total. The first-order valence-corrected chi connectivity index (χ1v) is 10.2. The molecule has 28 heavy (non-hydrogen) atoms. The van der Waals surface area contributed by atoms with Crippen LogP contribution in [0.25, 0.3) is 0 Å². The van der Waals surface area contributed by atoms with Gasteiger partial charge in [-0.3, -0.25) is 5.32 Å². The average molecular weight is 393 g/mol. The van der Waals surface area contributed by atoms with Crippen LogP contribution in [-0.4, -0.2) is 55.0 Å². The number of benzene rings is 1. The van der Waals surface area contributed by atoms with E-state index in [2.05, 4.69) is 15.1 Å². The van der Waals surface area contributed by atoms with Crippen molar-refractivity contribution in [3.63, 3.8) is 0 Å². The monoisotopic (exact) mass is 392 g/mol. The van der Waals surface area contributed by atoms with Crippen LogP contribution in [0.15, 0.2) is 18.2 Å². The third-order valence-corrected chi connectivity index (χ3v) is 5.48. The number of anilines is 3. The Morgan fingerprint density at radius 3 is 2.39 bits per heavy atom. The third-order valence-electron chi connectivity index (χ3n) is 5.48. The molecule has 2 fully saturated rings. The molecule has 2 aliphatic rings. The maximum absolute atomic E-state index is 13.4. The summed E-state index contributed by atoms with van der Waals surface area (Å²) in [6.07, 6.45) is 2.33. The van der Waals surface area contributed by atoms with Crippen molar-refractivity contribution < 1.29 is 13.9 Å². The zero-order valence-corrected chi connectivity index (χ0v) is 17.2. The van der Waals surface area contributed by atoms with E-state index in [4.69, 9.17) is 10.5 Å². The van der Waals surface area contributed by atoms with Crippen LogP contribution in [0.1, 0.15) is 46.5 Å². The highest BCUT2D eigenvalue weighted by Gasteiger charge is 2.28. The molecule has 0 spiro atoms. The number of nitrogens with two attached hydrogens (primary N) is 1. The van der Waals surface area contributed by atoms with Gasteiger partial charge in [-0.1, -0.05) is 0 Å². The predicted octanol–water partition coefficient (Wildman–Crippen LogP) is 4.02. The number of nitrogens with one attached hydrogen (secondary N) is 1. The quantitative estimate of drug-likeness (QED) is 0.761. The number of alkyl halides is 1. The fraction of sp³-hybridized carbons (Fsp3) is 0.667. The Hall–Kier alpha value is -2.02. The molecule has 0 atom stereocenters. The lowest BCUT2D eigenvalue weighted by molar-refractivity contribution is 0.0636. The number of ether oxygens (including phenoxy) is 1. The lowest BCUT2D eigenvalue weighted by atomic mass is 9.99. The summed E-state index contributed by atoms with van der Waals surface area (Å²) in [4.78, 5) is 16.8. The lowest BCUT2D eigenvalue weighted by Crippen LogP contribution is -2.48. The van der Waals surface area contributed by atoms with E-state index in [-0.39, 0.29) is 0 Å². The Morgan fingerprint density at radius 2 is 1.79 bits per heavy atom. The van der Waals surface area contributed by atoms with Gasteiger partial charge in [0.15, 0.2) is 0 Å². The fourth-order valence-corrected chi connectivity index (χ4v) is 3.99. The Balaban J connectivity index is 1.58. The zero-order valence-electron chi connectivity index (χ0n) is 17.2. The molecule has 1 aromatic rings. The van der Waals surface area contributed by atoms with Gasteiger partial charge in [-0.2, -0.15) is 0 Å². The summed E-state index contributed by atoms with van der Waals surface area (Å²) in [6, 6.07) is 6.26. The van der Waals surface area contributed by atoms with Crippen molar-refractivity contribution in [3.05, 3.63) is 18.2 Å². The minimum atomic E-state index is -0.623. The highest BCUT2D eigenvalue weighted by Crippen LogP contribution is 2.30. The predicted molar refractivity (Wildman–Crippen MR) is 112 cm³/mol. The van der Waals surface area contributed by atoms with Crippen LogP contribution >= 0.6 is 0 Å². The highest BCUT2D eigenvalue weighted by molar-refractivity contribution is 5.90. The van der Waals surface area contributed by atoms with Crippen LogP contribution in [0.5, 0.6) is 0 Å². The molecule has 2 aliphatic heterocycles. The van der Waals surface area contributed by atoms with E-state index in [0.29, 0.717) is 30.3 Å². The maximum Gasteiger partial charge on any atom is 0.412 e. The van der Waals surface area contributed by atoms with Crippen molar-refractivity contribution in [2.75, 3.05) is 42.1 Å². The van der Waals surface area contributed by atoms with E-state index in [9.17, 15) is 9.18 Å². The van der Waals surface area contributed by atoms with Crippen molar-refractivity contribution in [1.82, 2.24) is 4.90 Å². The molecule has 7 heteroatoms. The number of halogens is 1. The minimum absolute atomic E-state index is 0.508. The molecule has 0 radical (unpaired) electrons. The van der Waals surface area contributed by atoms with Gasteiger partial charge in [-0.05, 0) is 64.7 Å². The van der Waals surface area contributed by atoms with Gasteiger partial charge in [0.05, 0.1) is 11.4 Å². The summed E-state index contributed by atoms with van der Waals surface area (Å²) in [5, 5.41) is 2.75. The number of hydrogen-bond donors (Lipinski definition) is 2. The van der Waals surface area contributed by atoms with Crippen LogP contribution in [0.2, 0.25) is 0 Å². The molecule has 2 saturated heterocycles. The first-order valence-electron chi connectivity index (χ1n) is 10.2. The maximum atomic E-state index is 13.4. The first-order chi connectivity index (χ1) is 13.2. The van der Waals surface area contributed by atoms with Gasteiger partial charge in [0, 0.05) is 37.9 Å². The van der Waals surface area contributed by atoms with Gasteiger partial charge in [0.25, 0.3) is 0 Å². The molecule has 2 heterocycles. The Bertz CT molecular complexity index is 675. The molecule has 0 saturated carbocycles. The van der Waals surface area contributed by atoms with E-state index in [1.165, 1.54) is 0 Å². The van der Waals surface area contributed by atoms with Crippen LogP contribution < -0.4 is 16.0 Å². The average Bonchev–Trinajstić information content (AvgIpc) is 2.63. The largest absolute Gasteiger partial charge is 0.444 e. The van der Waals surface area contributed by atoms with Gasteiger partial charge >= 0.3 is 6.09 Å². The second-order valence-electron chi connectivity index (χ2n) is 8.83. The smallest absolute Gasteiger partial charge is 0.412 e. The molecule has 0 aromatic heterocycles. The first kappa shape index (κ1) is 20.7. The van der Waals surface area contributed by atoms with Gasteiger partial charge in [-0.25, -0.2) is 9.18 Å². The zero-order chi connectivity index (χ0) is 20.3. The number of carbonyl (C=O) groups excluding carboxylic acids is 1. The molecule has 1 amide bonds.